The highest BCUT2D eigenvalue weighted by Crippen LogP contribution is 2.11. The van der Waals surface area contributed by atoms with Crippen LogP contribution in [0.3, 0.4) is 0 Å². The highest BCUT2D eigenvalue weighted by atomic mass is 14.0. The third-order valence-corrected chi connectivity index (χ3v) is 3.69. The van der Waals surface area contributed by atoms with E-state index in [-0.39, 0.29) is 0 Å². The second-order valence-electron chi connectivity index (χ2n) is 5.55. The quantitative estimate of drug-likeness (QED) is 0.221. The second-order valence-corrected chi connectivity index (χ2v) is 5.55. The first-order chi connectivity index (χ1) is 12.1. The predicted molar refractivity (Wildman–Crippen MR) is 116 cm³/mol. The van der Waals surface area contributed by atoms with Gasteiger partial charge in [0.05, 0.1) is 0 Å². The van der Waals surface area contributed by atoms with Crippen molar-refractivity contribution in [1.29, 1.82) is 0 Å². The molecule has 0 aromatic heterocycles. The molecule has 0 aliphatic carbocycles. The molecule has 0 N–H and O–H groups in total. The summed E-state index contributed by atoms with van der Waals surface area (Å²) >= 11 is 0. The molecule has 0 fully saturated rings. The molecule has 0 atom stereocenters. The van der Waals surface area contributed by atoms with Gasteiger partial charge in [-0.3, -0.25) is 0 Å². The van der Waals surface area contributed by atoms with Gasteiger partial charge in [-0.25, -0.2) is 0 Å². The largest absolute Gasteiger partial charge is 0.125 e. The Balaban J connectivity index is 0. The van der Waals surface area contributed by atoms with E-state index in [0.29, 0.717) is 0 Å². The van der Waals surface area contributed by atoms with Crippen molar-refractivity contribution in [1.82, 2.24) is 0 Å². The zero-order valence-corrected chi connectivity index (χ0v) is 17.6. The van der Waals surface area contributed by atoms with Gasteiger partial charge >= 0.3 is 0 Å². The smallest absolute Gasteiger partial charge is 0.0277 e. The summed E-state index contributed by atoms with van der Waals surface area (Å²) in [5.74, 6) is 6.48. The van der Waals surface area contributed by atoms with Crippen molar-refractivity contribution in [2.75, 3.05) is 0 Å². The van der Waals surface area contributed by atoms with Crippen LogP contribution in [0.2, 0.25) is 0 Å². The first-order valence-corrected chi connectivity index (χ1v) is 9.71. The summed E-state index contributed by atoms with van der Waals surface area (Å²) in [5.41, 5.74) is 7.81. The van der Waals surface area contributed by atoms with Gasteiger partial charge in [-0.1, -0.05) is 90.2 Å². The zero-order chi connectivity index (χ0) is 19.5. The molecular formula is C25H38. The average Bonchev–Trinajstić information content (AvgIpc) is 2.66. The lowest BCUT2D eigenvalue weighted by atomic mass is 10.0. The van der Waals surface area contributed by atoms with Gasteiger partial charge in [-0.15, -0.1) is 5.73 Å². The van der Waals surface area contributed by atoms with E-state index in [1.807, 2.05) is 13.8 Å². The van der Waals surface area contributed by atoms with Crippen LogP contribution in [0.15, 0.2) is 48.2 Å². The number of allylic oxidation sites excluding steroid dienone is 3. The molecule has 0 saturated carbocycles. The minimum Gasteiger partial charge on any atom is -0.125 e. The molecule has 0 amide bonds. The Hall–Kier alpha value is -1.96. The lowest BCUT2D eigenvalue weighted by molar-refractivity contribution is 0.886. The minimum atomic E-state index is 0.887. The summed E-state index contributed by atoms with van der Waals surface area (Å²) in [4.78, 5) is 0. The van der Waals surface area contributed by atoms with Gasteiger partial charge in [0.25, 0.3) is 0 Å². The van der Waals surface area contributed by atoms with Crippen LogP contribution in [-0.2, 0) is 0 Å². The van der Waals surface area contributed by atoms with Crippen molar-refractivity contribution in [2.24, 2.45) is 0 Å². The van der Waals surface area contributed by atoms with Crippen molar-refractivity contribution in [3.05, 3.63) is 64.9 Å². The lowest BCUT2D eigenvalue weighted by Crippen LogP contribution is -1.85. The average molecular weight is 339 g/mol. The Labute approximate surface area is 157 Å². The predicted octanol–water partition coefficient (Wildman–Crippen LogP) is 7.95. The summed E-state index contributed by atoms with van der Waals surface area (Å²) in [5, 5.41) is 0. The molecule has 0 heteroatoms. The van der Waals surface area contributed by atoms with Gasteiger partial charge in [0.2, 0.25) is 0 Å². The Bertz CT molecular complexity index is 582. The summed E-state index contributed by atoms with van der Waals surface area (Å²) in [6, 6.07) is 6.27. The fourth-order valence-electron chi connectivity index (χ4n) is 1.73. The molecule has 0 unspecified atom stereocenters. The molecule has 0 nitrogen and oxygen atoms in total. The molecule has 0 bridgehead atoms. The number of unbranched alkanes of at least 4 members (excludes halogenated alkanes) is 2. The maximum Gasteiger partial charge on any atom is 0.0277 e. The molecule has 1 aromatic carbocycles. The summed E-state index contributed by atoms with van der Waals surface area (Å²) in [6.07, 6.45) is 9.72. The van der Waals surface area contributed by atoms with E-state index < -0.39 is 0 Å². The Morgan fingerprint density at radius 3 is 2.24 bits per heavy atom. The van der Waals surface area contributed by atoms with Crippen LogP contribution in [0, 0.1) is 25.7 Å². The van der Waals surface area contributed by atoms with E-state index in [4.69, 9.17) is 0 Å². The van der Waals surface area contributed by atoms with Crippen LogP contribution >= 0.6 is 0 Å². The Kier molecular flexibility index (Phi) is 18.6. The molecule has 25 heavy (non-hydrogen) atoms. The molecule has 0 saturated heterocycles. The van der Waals surface area contributed by atoms with Crippen molar-refractivity contribution in [3.8, 4) is 11.8 Å². The van der Waals surface area contributed by atoms with Crippen LogP contribution in [0.25, 0.3) is 0 Å². The molecule has 0 aliphatic rings. The highest BCUT2D eigenvalue weighted by Gasteiger charge is 1.95. The molecule has 0 radical (unpaired) electrons. The van der Waals surface area contributed by atoms with Gasteiger partial charge in [0, 0.05) is 12.0 Å². The van der Waals surface area contributed by atoms with E-state index in [0.717, 1.165) is 30.4 Å². The summed E-state index contributed by atoms with van der Waals surface area (Å²) in [6.45, 7) is 18.4. The monoisotopic (exact) mass is 338 g/mol. The van der Waals surface area contributed by atoms with Crippen LogP contribution in [0.5, 0.6) is 0 Å². The van der Waals surface area contributed by atoms with Gasteiger partial charge < -0.3 is 0 Å². The SMILES string of the molecule is C=C=C(/C=C/CCC#Cc1cccc(C)c1C)CC.CC.CCCC. The molecule has 138 valence electrons. The third kappa shape index (κ3) is 13.1. The van der Waals surface area contributed by atoms with Crippen molar-refractivity contribution >= 4 is 0 Å². The van der Waals surface area contributed by atoms with Crippen molar-refractivity contribution in [3.63, 3.8) is 0 Å². The van der Waals surface area contributed by atoms with E-state index in [1.54, 1.807) is 0 Å². The van der Waals surface area contributed by atoms with Crippen molar-refractivity contribution < 1.29 is 0 Å². The topological polar surface area (TPSA) is 0 Å². The Morgan fingerprint density at radius 1 is 1.08 bits per heavy atom. The van der Waals surface area contributed by atoms with Gasteiger partial charge in [0.15, 0.2) is 0 Å². The van der Waals surface area contributed by atoms with Crippen molar-refractivity contribution in [2.45, 2.75) is 80.6 Å². The highest BCUT2D eigenvalue weighted by molar-refractivity contribution is 5.44. The number of hydrogen-bond acceptors (Lipinski definition) is 0. The number of hydrogen-bond donors (Lipinski definition) is 0. The second kappa shape index (κ2) is 18.4. The maximum absolute atomic E-state index is 3.66. The Morgan fingerprint density at radius 2 is 1.72 bits per heavy atom. The van der Waals surface area contributed by atoms with Gasteiger partial charge in [-0.05, 0) is 49.5 Å². The van der Waals surface area contributed by atoms with Crippen LogP contribution in [0.4, 0.5) is 0 Å². The number of aryl methyl sites for hydroxylation is 1. The molecule has 1 rings (SSSR count). The van der Waals surface area contributed by atoms with Crippen LogP contribution < -0.4 is 0 Å². The van der Waals surface area contributed by atoms with E-state index in [1.165, 1.54) is 24.0 Å². The molecule has 0 spiro atoms. The lowest BCUT2D eigenvalue weighted by Gasteiger charge is -2.00. The number of rotatable bonds is 5. The van der Waals surface area contributed by atoms with Crippen LogP contribution in [0.1, 0.15) is 83.4 Å². The zero-order valence-electron chi connectivity index (χ0n) is 17.6. The molecule has 0 heterocycles. The first-order valence-electron chi connectivity index (χ1n) is 9.71. The van der Waals surface area contributed by atoms with Gasteiger partial charge in [-0.2, -0.15) is 0 Å². The van der Waals surface area contributed by atoms with E-state index in [2.05, 4.69) is 89.1 Å². The third-order valence-electron chi connectivity index (χ3n) is 3.69. The fraction of sp³-hybridized carbons (Fsp3) is 0.480. The van der Waals surface area contributed by atoms with Crippen LogP contribution in [-0.4, -0.2) is 0 Å². The first kappa shape index (κ1) is 25.3. The minimum absolute atomic E-state index is 0.887. The number of benzene rings is 1. The normalized spacial score (nSPS) is 8.92. The van der Waals surface area contributed by atoms with E-state index in [9.17, 15) is 0 Å². The maximum atomic E-state index is 3.66. The molecule has 1 aromatic rings. The molecular weight excluding hydrogens is 300 g/mol. The fourth-order valence-corrected chi connectivity index (χ4v) is 1.73. The summed E-state index contributed by atoms with van der Waals surface area (Å²) < 4.78 is 0. The van der Waals surface area contributed by atoms with E-state index >= 15 is 0 Å². The standard InChI is InChI=1S/C19H22.C4H10.C2H6/c1-5-18(6-2)13-9-7-8-10-14-19-15-11-12-16(3)17(19)4;1-3-4-2;1-2/h9,11-13,15H,1,6-8H2,2-4H3;3-4H2,1-2H3;1-2H3/b13-9+;;. The van der Waals surface area contributed by atoms with Gasteiger partial charge in [0.1, 0.15) is 0 Å². The molecule has 0 aliphatic heterocycles. The summed E-state index contributed by atoms with van der Waals surface area (Å²) in [7, 11) is 0.